The Morgan fingerprint density at radius 2 is 1.78 bits per heavy atom. The molecule has 0 aliphatic carbocycles. The van der Waals surface area contributed by atoms with Crippen LogP contribution in [-0.2, 0) is 13.1 Å². The van der Waals surface area contributed by atoms with Gasteiger partial charge in [0.05, 0.1) is 13.1 Å². The molecule has 3 rings (SSSR count). The Morgan fingerprint density at radius 3 is 2.47 bits per heavy atom. The van der Waals surface area contributed by atoms with Crippen molar-refractivity contribution in [3.8, 4) is 0 Å². The normalized spacial score (nSPS) is 11.8. The zero-order valence-corrected chi connectivity index (χ0v) is 18.0. The fourth-order valence-corrected chi connectivity index (χ4v) is 3.37. The number of nitrogens with zero attached hydrogens (tertiary/aromatic N) is 2. The maximum Gasteiger partial charge on any atom is 0.331 e. The number of nitrogens with one attached hydrogen (secondary N) is 1. The number of rotatable bonds is 9. The summed E-state index contributed by atoms with van der Waals surface area (Å²) in [6.45, 7) is 2.15. The number of unbranched alkanes of at least 4 members (excludes halogenated alkanes) is 1. The van der Waals surface area contributed by atoms with Crippen molar-refractivity contribution >= 4 is 5.91 Å². The molecule has 1 heterocycles. The summed E-state index contributed by atoms with van der Waals surface area (Å²) in [6, 6.07) is 14.5. The number of halogens is 1. The van der Waals surface area contributed by atoms with Gasteiger partial charge in [-0.3, -0.25) is 18.7 Å². The van der Waals surface area contributed by atoms with Crippen molar-refractivity contribution in [2.75, 3.05) is 6.54 Å². The molecule has 0 fully saturated rings. The molecule has 0 aliphatic heterocycles. The molecule has 3 N–H and O–H groups in total. The number of hydrogen-bond donors (Lipinski definition) is 2. The second kappa shape index (κ2) is 10.7. The molecule has 1 aromatic heterocycles. The molecule has 7 nitrogen and oxygen atoms in total. The average molecular weight is 439 g/mol. The van der Waals surface area contributed by atoms with Crippen LogP contribution in [0.25, 0.3) is 0 Å². The van der Waals surface area contributed by atoms with E-state index >= 15 is 0 Å². The summed E-state index contributed by atoms with van der Waals surface area (Å²) >= 11 is 0. The lowest BCUT2D eigenvalue weighted by atomic mass is 10.1. The van der Waals surface area contributed by atoms with Crippen LogP contribution < -0.4 is 22.3 Å². The highest BCUT2D eigenvalue weighted by Gasteiger charge is 2.20. The standard InChI is InChI=1S/C24H27FN4O3/c1-2-3-13-27-22(30)19-15-28(14-18-11-7-8-12-20(18)25)24(32)29(23(19)31)16-21(26)17-9-5-4-6-10-17/h4-12,15,21H,2-3,13-14,16,26H2,1H3,(H,27,30)/t21-/m0/s1. The molecule has 8 heteroatoms. The molecule has 3 aromatic rings. The number of benzene rings is 2. The predicted molar refractivity (Wildman–Crippen MR) is 121 cm³/mol. The highest BCUT2D eigenvalue weighted by Crippen LogP contribution is 2.11. The SMILES string of the molecule is CCCCNC(=O)c1cn(Cc2ccccc2F)c(=O)n(C[C@H](N)c2ccccc2)c1=O. The van der Waals surface area contributed by atoms with Gasteiger partial charge in [0.1, 0.15) is 11.4 Å². The molecule has 168 valence electrons. The molecule has 1 amide bonds. The Hall–Kier alpha value is -3.52. The van der Waals surface area contributed by atoms with E-state index in [4.69, 9.17) is 5.73 Å². The molecule has 0 bridgehead atoms. The maximum atomic E-state index is 14.2. The monoisotopic (exact) mass is 438 g/mol. The van der Waals surface area contributed by atoms with Crippen LogP contribution in [0, 0.1) is 5.82 Å². The van der Waals surface area contributed by atoms with Crippen LogP contribution in [0.15, 0.2) is 70.4 Å². The molecular weight excluding hydrogens is 411 g/mol. The van der Waals surface area contributed by atoms with E-state index in [9.17, 15) is 18.8 Å². The molecule has 2 aromatic carbocycles. The lowest BCUT2D eigenvalue weighted by Crippen LogP contribution is -2.46. The third-order valence-electron chi connectivity index (χ3n) is 5.20. The van der Waals surface area contributed by atoms with Crippen molar-refractivity contribution in [1.82, 2.24) is 14.5 Å². The van der Waals surface area contributed by atoms with Crippen LogP contribution in [0.1, 0.15) is 47.3 Å². The fraction of sp³-hybridized carbons (Fsp3) is 0.292. The Kier molecular flexibility index (Phi) is 7.72. The molecule has 0 unspecified atom stereocenters. The minimum absolute atomic E-state index is 0.116. The Balaban J connectivity index is 2.04. The van der Waals surface area contributed by atoms with Gasteiger partial charge >= 0.3 is 5.69 Å². The first-order valence-electron chi connectivity index (χ1n) is 10.6. The molecule has 1 atom stereocenters. The van der Waals surface area contributed by atoms with Crippen LogP contribution in [-0.4, -0.2) is 21.6 Å². The lowest BCUT2D eigenvalue weighted by Gasteiger charge is -2.17. The number of nitrogens with two attached hydrogens (primary N) is 1. The Morgan fingerprint density at radius 1 is 1.09 bits per heavy atom. The predicted octanol–water partition coefficient (Wildman–Crippen LogP) is 2.43. The molecule has 0 saturated heterocycles. The summed E-state index contributed by atoms with van der Waals surface area (Å²) in [4.78, 5) is 38.9. The topological polar surface area (TPSA) is 99.1 Å². The maximum absolute atomic E-state index is 14.2. The van der Waals surface area contributed by atoms with Gasteiger partial charge in [-0.2, -0.15) is 0 Å². The van der Waals surface area contributed by atoms with E-state index in [2.05, 4.69) is 5.32 Å². The first kappa shape index (κ1) is 23.1. The highest BCUT2D eigenvalue weighted by atomic mass is 19.1. The summed E-state index contributed by atoms with van der Waals surface area (Å²) in [6.07, 6.45) is 2.83. The van der Waals surface area contributed by atoms with Gasteiger partial charge in [-0.15, -0.1) is 0 Å². The smallest absolute Gasteiger partial charge is 0.331 e. The summed E-state index contributed by atoms with van der Waals surface area (Å²) in [7, 11) is 0. The Labute approximate surface area is 185 Å². The minimum Gasteiger partial charge on any atom is -0.352 e. The molecule has 0 spiro atoms. The molecule has 0 radical (unpaired) electrons. The third kappa shape index (κ3) is 5.39. The van der Waals surface area contributed by atoms with Gasteiger partial charge in [0.15, 0.2) is 0 Å². The van der Waals surface area contributed by atoms with E-state index in [0.717, 1.165) is 23.0 Å². The highest BCUT2D eigenvalue weighted by molar-refractivity contribution is 5.93. The summed E-state index contributed by atoms with van der Waals surface area (Å²) in [5, 5.41) is 2.70. The van der Waals surface area contributed by atoms with Gasteiger partial charge in [-0.1, -0.05) is 61.9 Å². The number of hydrogen-bond acceptors (Lipinski definition) is 4. The number of amides is 1. The van der Waals surface area contributed by atoms with E-state index in [0.29, 0.717) is 6.54 Å². The van der Waals surface area contributed by atoms with E-state index in [1.807, 2.05) is 25.1 Å². The lowest BCUT2D eigenvalue weighted by molar-refractivity contribution is 0.0949. The van der Waals surface area contributed by atoms with Gasteiger partial charge in [0, 0.05) is 24.3 Å². The molecular formula is C24H27FN4O3. The first-order valence-corrected chi connectivity index (χ1v) is 10.6. The van der Waals surface area contributed by atoms with E-state index < -0.39 is 29.0 Å². The van der Waals surface area contributed by atoms with Crippen molar-refractivity contribution in [2.45, 2.75) is 38.9 Å². The van der Waals surface area contributed by atoms with Crippen LogP contribution in [0.4, 0.5) is 4.39 Å². The van der Waals surface area contributed by atoms with Crippen LogP contribution in [0.3, 0.4) is 0 Å². The van der Waals surface area contributed by atoms with Crippen molar-refractivity contribution in [1.29, 1.82) is 0 Å². The second-order valence-electron chi connectivity index (χ2n) is 7.59. The van der Waals surface area contributed by atoms with Crippen molar-refractivity contribution < 1.29 is 9.18 Å². The number of carbonyl (C=O) groups excluding carboxylic acids is 1. The zero-order chi connectivity index (χ0) is 23.1. The molecule has 0 saturated carbocycles. The van der Waals surface area contributed by atoms with Gasteiger partial charge in [-0.25, -0.2) is 9.18 Å². The quantitative estimate of drug-likeness (QED) is 0.501. The first-order chi connectivity index (χ1) is 15.4. The Bertz CT molecular complexity index is 1190. The summed E-state index contributed by atoms with van der Waals surface area (Å²) in [5.41, 5.74) is 5.70. The van der Waals surface area contributed by atoms with Crippen LogP contribution in [0.5, 0.6) is 0 Å². The summed E-state index contributed by atoms with van der Waals surface area (Å²) < 4.78 is 16.3. The van der Waals surface area contributed by atoms with Gasteiger partial charge in [0.2, 0.25) is 0 Å². The van der Waals surface area contributed by atoms with Crippen molar-refractivity contribution in [2.24, 2.45) is 5.73 Å². The molecule has 32 heavy (non-hydrogen) atoms. The number of aromatic nitrogens is 2. The van der Waals surface area contributed by atoms with E-state index in [1.165, 1.54) is 16.8 Å². The molecule has 0 aliphatic rings. The van der Waals surface area contributed by atoms with Gasteiger partial charge in [-0.05, 0) is 18.1 Å². The average Bonchev–Trinajstić information content (AvgIpc) is 2.80. The van der Waals surface area contributed by atoms with Crippen LogP contribution >= 0.6 is 0 Å². The van der Waals surface area contributed by atoms with Crippen molar-refractivity contribution in [3.05, 3.63) is 104 Å². The fourth-order valence-electron chi connectivity index (χ4n) is 3.37. The van der Waals surface area contributed by atoms with Crippen LogP contribution in [0.2, 0.25) is 0 Å². The number of carbonyl (C=O) groups is 1. The van der Waals surface area contributed by atoms with Gasteiger partial charge in [0.25, 0.3) is 11.5 Å². The minimum atomic E-state index is -0.722. The summed E-state index contributed by atoms with van der Waals surface area (Å²) in [5.74, 6) is -1.06. The largest absolute Gasteiger partial charge is 0.352 e. The third-order valence-corrected chi connectivity index (χ3v) is 5.20. The van der Waals surface area contributed by atoms with Crippen molar-refractivity contribution in [3.63, 3.8) is 0 Å². The second-order valence-corrected chi connectivity index (χ2v) is 7.59. The van der Waals surface area contributed by atoms with Gasteiger partial charge < -0.3 is 11.1 Å². The van der Waals surface area contributed by atoms with E-state index in [-0.39, 0.29) is 24.2 Å². The zero-order valence-electron chi connectivity index (χ0n) is 18.0. The van der Waals surface area contributed by atoms with E-state index in [1.54, 1.807) is 30.3 Å².